The van der Waals surface area contributed by atoms with E-state index in [-0.39, 0.29) is 5.91 Å². The third-order valence-corrected chi connectivity index (χ3v) is 4.01. The number of H-pyrrole nitrogens is 1. The molecule has 0 atom stereocenters. The average Bonchev–Trinajstić information content (AvgIpc) is 2.75. The fourth-order valence-electron chi connectivity index (χ4n) is 2.75. The smallest absolute Gasteiger partial charge is 0.272 e. The Bertz CT molecular complexity index is 634. The molecule has 1 aromatic heterocycles. The van der Waals surface area contributed by atoms with Crippen molar-refractivity contribution in [3.63, 3.8) is 0 Å². The normalized spacial score (nSPS) is 17.4. The van der Waals surface area contributed by atoms with Crippen molar-refractivity contribution < 1.29 is 4.79 Å². The Morgan fingerprint density at radius 2 is 2.10 bits per heavy atom. The van der Waals surface area contributed by atoms with Crippen molar-refractivity contribution in [2.75, 3.05) is 33.2 Å². The lowest BCUT2D eigenvalue weighted by atomic mass is 10.1. The first-order valence-electron chi connectivity index (χ1n) is 7.08. The maximum absolute atomic E-state index is 12.7. The Labute approximate surface area is 118 Å². The minimum Gasteiger partial charge on any atom is -0.336 e. The van der Waals surface area contributed by atoms with Crippen molar-refractivity contribution in [1.82, 2.24) is 20.0 Å². The molecule has 1 N–H and O–H groups in total. The van der Waals surface area contributed by atoms with Crippen molar-refractivity contribution >= 4 is 16.8 Å². The highest BCUT2D eigenvalue weighted by Gasteiger charge is 2.22. The zero-order valence-corrected chi connectivity index (χ0v) is 12.0. The summed E-state index contributed by atoms with van der Waals surface area (Å²) in [4.78, 5) is 16.9. The molecule has 5 heteroatoms. The number of fused-ring (bicyclic) bond motifs is 1. The number of nitrogens with one attached hydrogen (secondary N) is 1. The molecule has 106 valence electrons. The van der Waals surface area contributed by atoms with Gasteiger partial charge in [0.1, 0.15) is 5.69 Å². The maximum atomic E-state index is 12.7. The third kappa shape index (κ3) is 2.29. The molecule has 0 bridgehead atoms. The number of likely N-dealkylation sites (N-methyl/N-ethyl adjacent to an activating group) is 1. The summed E-state index contributed by atoms with van der Waals surface area (Å²) in [5.74, 6) is 0.0633. The molecule has 1 aliphatic rings. The molecule has 20 heavy (non-hydrogen) atoms. The van der Waals surface area contributed by atoms with Gasteiger partial charge in [-0.1, -0.05) is 18.2 Å². The van der Waals surface area contributed by atoms with E-state index in [0.29, 0.717) is 5.69 Å². The van der Waals surface area contributed by atoms with Crippen molar-refractivity contribution in [3.8, 4) is 0 Å². The number of aromatic nitrogens is 2. The summed E-state index contributed by atoms with van der Waals surface area (Å²) in [7, 11) is 2.10. The van der Waals surface area contributed by atoms with Crippen LogP contribution in [0.3, 0.4) is 0 Å². The summed E-state index contributed by atoms with van der Waals surface area (Å²) in [6.07, 6.45) is 1.02. The van der Waals surface area contributed by atoms with E-state index in [1.165, 1.54) is 0 Å². The number of carbonyl (C=O) groups excluding carboxylic acids is 1. The molecule has 3 rings (SSSR count). The molecule has 0 aliphatic carbocycles. The number of para-hydroxylation sites is 1. The van der Waals surface area contributed by atoms with Crippen molar-refractivity contribution in [2.45, 2.75) is 13.3 Å². The van der Waals surface area contributed by atoms with E-state index in [1.54, 1.807) is 0 Å². The van der Waals surface area contributed by atoms with Gasteiger partial charge in [-0.2, -0.15) is 5.10 Å². The Kier molecular flexibility index (Phi) is 3.44. The molecule has 1 amide bonds. The number of carbonyl (C=O) groups is 1. The zero-order chi connectivity index (χ0) is 14.1. The van der Waals surface area contributed by atoms with Crippen LogP contribution in [-0.2, 0) is 0 Å². The summed E-state index contributed by atoms with van der Waals surface area (Å²) in [5.41, 5.74) is 2.60. The second-order valence-electron chi connectivity index (χ2n) is 5.52. The number of hydrogen-bond acceptors (Lipinski definition) is 3. The van der Waals surface area contributed by atoms with Crippen LogP contribution in [0.5, 0.6) is 0 Å². The SMILES string of the molecule is Cc1cccc2c(C(=O)N3CCCN(C)CC3)[nH]nc12. The van der Waals surface area contributed by atoms with Crippen molar-refractivity contribution in [3.05, 3.63) is 29.5 Å². The van der Waals surface area contributed by atoms with Gasteiger partial charge in [-0.3, -0.25) is 9.89 Å². The van der Waals surface area contributed by atoms with Gasteiger partial charge in [0.05, 0.1) is 5.52 Å². The van der Waals surface area contributed by atoms with Crippen LogP contribution in [0.15, 0.2) is 18.2 Å². The quantitative estimate of drug-likeness (QED) is 0.859. The predicted octanol–water partition coefficient (Wildman–Crippen LogP) is 1.65. The van der Waals surface area contributed by atoms with Gasteiger partial charge < -0.3 is 9.80 Å². The van der Waals surface area contributed by atoms with Crippen LogP contribution < -0.4 is 0 Å². The van der Waals surface area contributed by atoms with E-state index in [1.807, 2.05) is 30.0 Å². The highest BCUT2D eigenvalue weighted by molar-refractivity contribution is 6.05. The number of amides is 1. The zero-order valence-electron chi connectivity index (χ0n) is 12.0. The molecule has 0 radical (unpaired) electrons. The molecular formula is C15H20N4O. The number of aromatic amines is 1. The van der Waals surface area contributed by atoms with Gasteiger partial charge in [0, 0.05) is 25.0 Å². The number of rotatable bonds is 1. The monoisotopic (exact) mass is 272 g/mol. The molecule has 1 aliphatic heterocycles. The van der Waals surface area contributed by atoms with E-state index in [4.69, 9.17) is 0 Å². The second-order valence-corrected chi connectivity index (χ2v) is 5.52. The van der Waals surface area contributed by atoms with Gasteiger partial charge in [-0.25, -0.2) is 0 Å². The molecular weight excluding hydrogens is 252 g/mol. The van der Waals surface area contributed by atoms with Gasteiger partial charge in [-0.05, 0) is 32.5 Å². The van der Waals surface area contributed by atoms with Crippen LogP contribution in [0.2, 0.25) is 0 Å². The molecule has 5 nitrogen and oxygen atoms in total. The van der Waals surface area contributed by atoms with E-state index in [9.17, 15) is 4.79 Å². The number of benzene rings is 1. The van der Waals surface area contributed by atoms with Crippen molar-refractivity contribution in [2.24, 2.45) is 0 Å². The van der Waals surface area contributed by atoms with Gasteiger partial charge in [-0.15, -0.1) is 0 Å². The van der Waals surface area contributed by atoms with Gasteiger partial charge >= 0.3 is 0 Å². The fraction of sp³-hybridized carbons (Fsp3) is 0.467. The molecule has 2 aromatic rings. The maximum Gasteiger partial charge on any atom is 0.272 e. The lowest BCUT2D eigenvalue weighted by Crippen LogP contribution is -2.34. The molecule has 1 saturated heterocycles. The molecule has 2 heterocycles. The van der Waals surface area contributed by atoms with Crippen molar-refractivity contribution in [1.29, 1.82) is 0 Å². The minimum absolute atomic E-state index is 0.0633. The molecule has 0 spiro atoms. The average molecular weight is 272 g/mol. The predicted molar refractivity (Wildman–Crippen MR) is 78.8 cm³/mol. The molecule has 0 unspecified atom stereocenters. The minimum atomic E-state index is 0.0633. The van der Waals surface area contributed by atoms with E-state index in [2.05, 4.69) is 22.1 Å². The first-order valence-corrected chi connectivity index (χ1v) is 7.08. The van der Waals surface area contributed by atoms with Gasteiger partial charge in [0.25, 0.3) is 5.91 Å². The fourth-order valence-corrected chi connectivity index (χ4v) is 2.75. The van der Waals surface area contributed by atoms with Crippen LogP contribution in [0.25, 0.3) is 10.9 Å². The van der Waals surface area contributed by atoms with Gasteiger partial charge in [0.15, 0.2) is 0 Å². The summed E-state index contributed by atoms with van der Waals surface area (Å²) in [6, 6.07) is 5.95. The number of aryl methyl sites for hydroxylation is 1. The Balaban J connectivity index is 1.90. The summed E-state index contributed by atoms with van der Waals surface area (Å²) >= 11 is 0. The molecule has 1 fully saturated rings. The molecule has 0 saturated carbocycles. The highest BCUT2D eigenvalue weighted by atomic mass is 16.2. The van der Waals surface area contributed by atoms with Crippen LogP contribution in [0.4, 0.5) is 0 Å². The van der Waals surface area contributed by atoms with Crippen LogP contribution in [-0.4, -0.2) is 59.1 Å². The number of nitrogens with zero attached hydrogens (tertiary/aromatic N) is 3. The first-order chi connectivity index (χ1) is 9.66. The summed E-state index contributed by atoms with van der Waals surface area (Å²) in [6.45, 7) is 5.58. The first kappa shape index (κ1) is 13.1. The number of hydrogen-bond donors (Lipinski definition) is 1. The highest BCUT2D eigenvalue weighted by Crippen LogP contribution is 2.20. The van der Waals surface area contributed by atoms with Crippen LogP contribution >= 0.6 is 0 Å². The lowest BCUT2D eigenvalue weighted by Gasteiger charge is -2.19. The lowest BCUT2D eigenvalue weighted by molar-refractivity contribution is 0.0759. The summed E-state index contributed by atoms with van der Waals surface area (Å²) < 4.78 is 0. The van der Waals surface area contributed by atoms with Crippen LogP contribution in [0, 0.1) is 6.92 Å². The summed E-state index contributed by atoms with van der Waals surface area (Å²) in [5, 5.41) is 8.14. The van der Waals surface area contributed by atoms with E-state index >= 15 is 0 Å². The van der Waals surface area contributed by atoms with E-state index in [0.717, 1.165) is 49.1 Å². The van der Waals surface area contributed by atoms with Crippen LogP contribution in [0.1, 0.15) is 22.5 Å². The van der Waals surface area contributed by atoms with Gasteiger partial charge in [0.2, 0.25) is 0 Å². The standard InChI is InChI=1S/C15H20N4O/c1-11-5-3-6-12-13(11)16-17-14(12)15(20)19-8-4-7-18(2)9-10-19/h3,5-6H,4,7-10H2,1-2H3,(H,16,17). The second kappa shape index (κ2) is 5.25. The third-order valence-electron chi connectivity index (χ3n) is 4.01. The van der Waals surface area contributed by atoms with E-state index < -0.39 is 0 Å². The Morgan fingerprint density at radius 3 is 2.95 bits per heavy atom. The Hall–Kier alpha value is -1.88. The topological polar surface area (TPSA) is 52.2 Å². The Morgan fingerprint density at radius 1 is 1.25 bits per heavy atom. The largest absolute Gasteiger partial charge is 0.336 e. The molecule has 1 aromatic carbocycles.